The molecule has 1 aliphatic carbocycles. The molecule has 0 radical (unpaired) electrons. The van der Waals surface area contributed by atoms with Crippen LogP contribution in [0.1, 0.15) is 65.1 Å². The molecule has 2 aliphatic rings. The second kappa shape index (κ2) is 9.11. The topological polar surface area (TPSA) is 75.5 Å². The van der Waals surface area contributed by atoms with Crippen LogP contribution in [-0.2, 0) is 11.3 Å². The quantitative estimate of drug-likeness (QED) is 0.734. The molecule has 31 heavy (non-hydrogen) atoms. The van der Waals surface area contributed by atoms with Crippen LogP contribution in [0.5, 0.6) is 5.75 Å². The Morgan fingerprint density at radius 2 is 1.84 bits per heavy atom. The number of hydrogen-bond donors (Lipinski definition) is 1. The van der Waals surface area contributed by atoms with Gasteiger partial charge in [-0.05, 0) is 81.1 Å². The Labute approximate surface area is 185 Å². The van der Waals surface area contributed by atoms with Gasteiger partial charge in [-0.25, -0.2) is 9.97 Å². The summed E-state index contributed by atoms with van der Waals surface area (Å²) in [4.78, 5) is 22.6. The van der Waals surface area contributed by atoms with Gasteiger partial charge in [-0.3, -0.25) is 9.69 Å². The summed E-state index contributed by atoms with van der Waals surface area (Å²) in [6.45, 7) is 9.25. The van der Waals surface area contributed by atoms with Gasteiger partial charge in [0, 0.05) is 11.6 Å². The number of hydrogen-bond acceptors (Lipinski definition) is 5. The van der Waals surface area contributed by atoms with Crippen LogP contribution in [0, 0.1) is 17.3 Å². The minimum atomic E-state index is -0.679. The van der Waals surface area contributed by atoms with Crippen molar-refractivity contribution in [3.63, 3.8) is 0 Å². The second-order valence-corrected chi connectivity index (χ2v) is 10.4. The average Bonchev–Trinajstić information content (AvgIpc) is 2.74. The number of ether oxygens (including phenoxy) is 1. The maximum absolute atomic E-state index is 11.1. The van der Waals surface area contributed by atoms with E-state index < -0.39 is 5.97 Å². The Bertz CT molecular complexity index is 908. The fraction of sp³-hybridized carbons (Fsp3) is 0.640. The van der Waals surface area contributed by atoms with Crippen LogP contribution in [0.2, 0.25) is 0 Å². The van der Waals surface area contributed by atoms with Crippen molar-refractivity contribution in [1.82, 2.24) is 14.9 Å². The summed E-state index contributed by atoms with van der Waals surface area (Å²) >= 11 is 0. The molecule has 2 aromatic rings. The molecule has 1 aromatic heterocycles. The van der Waals surface area contributed by atoms with Crippen molar-refractivity contribution in [1.29, 1.82) is 0 Å². The van der Waals surface area contributed by atoms with Crippen LogP contribution in [0.25, 0.3) is 10.9 Å². The largest absolute Gasteiger partial charge is 0.490 e. The van der Waals surface area contributed by atoms with Crippen molar-refractivity contribution in [2.24, 2.45) is 17.3 Å². The van der Waals surface area contributed by atoms with E-state index in [1.54, 1.807) is 0 Å². The molecular formula is C25H35N3O3. The highest BCUT2D eigenvalue weighted by Gasteiger charge is 2.30. The summed E-state index contributed by atoms with van der Waals surface area (Å²) in [6, 6.07) is 6.09. The van der Waals surface area contributed by atoms with Crippen molar-refractivity contribution >= 4 is 16.9 Å². The third-order valence-electron chi connectivity index (χ3n) is 7.10. The lowest BCUT2D eigenvalue weighted by molar-refractivity contribution is -0.143. The zero-order chi connectivity index (χ0) is 22.0. The van der Waals surface area contributed by atoms with Crippen LogP contribution in [0.4, 0.5) is 0 Å². The van der Waals surface area contributed by atoms with Gasteiger partial charge in [-0.2, -0.15) is 0 Å². The Morgan fingerprint density at radius 1 is 1.13 bits per heavy atom. The van der Waals surface area contributed by atoms with Crippen molar-refractivity contribution in [2.75, 3.05) is 13.1 Å². The van der Waals surface area contributed by atoms with E-state index in [0.29, 0.717) is 30.9 Å². The SMILES string of the molecule is CC(C)(C)[C@H]1CC[C@H](Oc2ccc3nc(CN4CCC(C(=O)O)CC4)ncc3c2)CC1. The highest BCUT2D eigenvalue weighted by Crippen LogP contribution is 2.38. The fourth-order valence-corrected chi connectivity index (χ4v) is 4.98. The van der Waals surface area contributed by atoms with Crippen LogP contribution >= 0.6 is 0 Å². The normalized spacial score (nSPS) is 23.7. The predicted molar refractivity (Wildman–Crippen MR) is 121 cm³/mol. The fourth-order valence-electron chi connectivity index (χ4n) is 4.98. The van der Waals surface area contributed by atoms with Gasteiger partial charge in [-0.1, -0.05) is 20.8 Å². The minimum absolute atomic E-state index is 0.212. The Morgan fingerprint density at radius 3 is 2.48 bits per heavy atom. The van der Waals surface area contributed by atoms with Gasteiger partial charge in [0.15, 0.2) is 0 Å². The molecule has 1 aromatic carbocycles. The van der Waals surface area contributed by atoms with Crippen LogP contribution in [0.3, 0.4) is 0 Å². The smallest absolute Gasteiger partial charge is 0.306 e. The molecule has 6 nitrogen and oxygen atoms in total. The van der Waals surface area contributed by atoms with Crippen LogP contribution < -0.4 is 4.74 Å². The standard InChI is InChI=1S/C25H35N3O3/c1-25(2,3)19-4-6-20(7-5-19)31-21-8-9-22-18(14-21)15-26-23(27-22)16-28-12-10-17(11-13-28)24(29)30/h8-9,14-15,17,19-20H,4-7,10-13,16H2,1-3H3,(H,29,30)/t19-,20-. The number of carboxylic acids is 1. The van der Waals surface area contributed by atoms with Crippen LogP contribution in [-0.4, -0.2) is 45.1 Å². The van der Waals surface area contributed by atoms with E-state index in [9.17, 15) is 4.79 Å². The highest BCUT2D eigenvalue weighted by molar-refractivity contribution is 5.79. The summed E-state index contributed by atoms with van der Waals surface area (Å²) in [5, 5.41) is 10.1. The zero-order valence-corrected chi connectivity index (χ0v) is 19.0. The van der Waals surface area contributed by atoms with E-state index in [0.717, 1.165) is 54.3 Å². The molecule has 0 atom stereocenters. The Kier molecular flexibility index (Phi) is 6.47. The summed E-state index contributed by atoms with van der Waals surface area (Å²) < 4.78 is 6.29. The molecule has 1 N–H and O–H groups in total. The Hall–Kier alpha value is -2.21. The van der Waals surface area contributed by atoms with Gasteiger partial charge < -0.3 is 9.84 Å². The van der Waals surface area contributed by atoms with Crippen LogP contribution in [0.15, 0.2) is 24.4 Å². The lowest BCUT2D eigenvalue weighted by atomic mass is 9.72. The number of aliphatic carboxylic acids is 1. The van der Waals surface area contributed by atoms with Gasteiger partial charge in [0.05, 0.1) is 24.1 Å². The summed E-state index contributed by atoms with van der Waals surface area (Å²) in [7, 11) is 0. The molecule has 1 aliphatic heterocycles. The van der Waals surface area contributed by atoms with Gasteiger partial charge in [0.25, 0.3) is 0 Å². The number of fused-ring (bicyclic) bond motifs is 1. The maximum atomic E-state index is 11.1. The third kappa shape index (κ3) is 5.53. The molecule has 168 valence electrons. The number of carbonyl (C=O) groups is 1. The third-order valence-corrected chi connectivity index (χ3v) is 7.10. The van der Waals surface area contributed by atoms with E-state index in [1.807, 2.05) is 24.4 Å². The van der Waals surface area contributed by atoms with Gasteiger partial charge in [0.1, 0.15) is 11.6 Å². The van der Waals surface area contributed by atoms with Crippen molar-refractivity contribution in [3.05, 3.63) is 30.2 Å². The molecule has 6 heteroatoms. The summed E-state index contributed by atoms with van der Waals surface area (Å²) in [5.41, 5.74) is 1.31. The number of nitrogens with zero attached hydrogens (tertiary/aromatic N) is 3. The van der Waals surface area contributed by atoms with Gasteiger partial charge in [-0.15, -0.1) is 0 Å². The summed E-state index contributed by atoms with van der Waals surface area (Å²) in [6.07, 6.45) is 8.27. The van der Waals surface area contributed by atoms with Crippen molar-refractivity contribution < 1.29 is 14.6 Å². The van der Waals surface area contributed by atoms with E-state index in [4.69, 9.17) is 14.8 Å². The first-order chi connectivity index (χ1) is 14.8. The number of piperidine rings is 1. The Balaban J connectivity index is 1.34. The van der Waals surface area contributed by atoms with E-state index in [-0.39, 0.29) is 5.92 Å². The lowest BCUT2D eigenvalue weighted by Crippen LogP contribution is -2.36. The maximum Gasteiger partial charge on any atom is 0.306 e. The summed E-state index contributed by atoms with van der Waals surface area (Å²) in [5.74, 6) is 1.58. The minimum Gasteiger partial charge on any atom is -0.490 e. The molecule has 1 saturated carbocycles. The lowest BCUT2D eigenvalue weighted by Gasteiger charge is -2.36. The van der Waals surface area contributed by atoms with E-state index in [2.05, 4.69) is 30.7 Å². The molecule has 0 bridgehead atoms. The van der Waals surface area contributed by atoms with Crippen molar-refractivity contribution in [3.8, 4) is 5.75 Å². The number of likely N-dealkylation sites (tertiary alicyclic amines) is 1. The van der Waals surface area contributed by atoms with Crippen molar-refractivity contribution in [2.45, 2.75) is 71.9 Å². The number of benzene rings is 1. The molecule has 0 spiro atoms. The molecular weight excluding hydrogens is 390 g/mol. The van der Waals surface area contributed by atoms with E-state index >= 15 is 0 Å². The molecule has 0 amide bonds. The number of carboxylic acid groups (broad SMARTS) is 1. The monoisotopic (exact) mass is 425 g/mol. The molecule has 1 saturated heterocycles. The number of rotatable bonds is 5. The van der Waals surface area contributed by atoms with Gasteiger partial charge >= 0.3 is 5.97 Å². The molecule has 0 unspecified atom stereocenters. The van der Waals surface area contributed by atoms with E-state index in [1.165, 1.54) is 12.8 Å². The second-order valence-electron chi connectivity index (χ2n) is 10.4. The number of aromatic nitrogens is 2. The average molecular weight is 426 g/mol. The first-order valence-corrected chi connectivity index (χ1v) is 11.7. The first-order valence-electron chi connectivity index (χ1n) is 11.7. The molecule has 2 heterocycles. The molecule has 4 rings (SSSR count). The first kappa shape index (κ1) is 22.0. The zero-order valence-electron chi connectivity index (χ0n) is 19.0. The van der Waals surface area contributed by atoms with Gasteiger partial charge in [0.2, 0.25) is 0 Å². The predicted octanol–water partition coefficient (Wildman–Crippen LogP) is 4.91. The highest BCUT2D eigenvalue weighted by atomic mass is 16.5. The molecule has 2 fully saturated rings.